The molecule has 0 aliphatic heterocycles. The molecule has 1 aliphatic rings. The molecule has 4 N–H and O–H groups in total. The zero-order chi connectivity index (χ0) is 16.7. The summed E-state index contributed by atoms with van der Waals surface area (Å²) in [5.41, 5.74) is 6.78. The number of nitrogens with one attached hydrogen (secondary N) is 2. The third-order valence-electron chi connectivity index (χ3n) is 4.01. The van der Waals surface area contributed by atoms with Crippen molar-refractivity contribution in [1.82, 2.24) is 10.6 Å². The van der Waals surface area contributed by atoms with Crippen LogP contribution in [0.2, 0.25) is 0 Å². The fourth-order valence-corrected chi connectivity index (χ4v) is 2.79. The van der Waals surface area contributed by atoms with Crippen LogP contribution in [-0.2, 0) is 14.3 Å². The Morgan fingerprint density at radius 3 is 2.50 bits per heavy atom. The molecule has 1 amide bonds. The van der Waals surface area contributed by atoms with E-state index in [-0.39, 0.29) is 30.0 Å². The van der Waals surface area contributed by atoms with Gasteiger partial charge in [0.25, 0.3) is 0 Å². The molecule has 0 bridgehead atoms. The van der Waals surface area contributed by atoms with Gasteiger partial charge < -0.3 is 21.1 Å². The van der Waals surface area contributed by atoms with Crippen LogP contribution < -0.4 is 16.4 Å². The lowest BCUT2D eigenvalue weighted by molar-refractivity contribution is -0.138. The van der Waals surface area contributed by atoms with Crippen LogP contribution in [0.1, 0.15) is 47.0 Å². The van der Waals surface area contributed by atoms with Gasteiger partial charge in [0.05, 0.1) is 12.6 Å². The van der Waals surface area contributed by atoms with Crippen LogP contribution in [0.25, 0.3) is 0 Å². The number of carbonyl (C=O) groups excluding carboxylic acids is 2. The van der Waals surface area contributed by atoms with E-state index >= 15 is 0 Å². The molecule has 0 saturated heterocycles. The molecule has 22 heavy (non-hydrogen) atoms. The Labute approximate surface area is 132 Å². The number of carbonyl (C=O) groups is 2. The first kappa shape index (κ1) is 18.6. The average molecular weight is 311 g/mol. The quantitative estimate of drug-likeness (QED) is 0.606. The van der Waals surface area contributed by atoms with Gasteiger partial charge in [-0.25, -0.2) is 4.79 Å². The lowest BCUT2D eigenvalue weighted by Crippen LogP contribution is -2.61. The predicted molar refractivity (Wildman–Crippen MR) is 86.2 cm³/mol. The van der Waals surface area contributed by atoms with E-state index in [1.807, 2.05) is 6.08 Å². The largest absolute Gasteiger partial charge is 0.463 e. The number of rotatable bonds is 7. The first-order valence-electron chi connectivity index (χ1n) is 8.09. The van der Waals surface area contributed by atoms with Crippen molar-refractivity contribution in [3.8, 4) is 0 Å². The van der Waals surface area contributed by atoms with Crippen LogP contribution in [-0.4, -0.2) is 42.7 Å². The maximum absolute atomic E-state index is 12.0. The summed E-state index contributed by atoms with van der Waals surface area (Å²) >= 11 is 0. The highest BCUT2D eigenvalue weighted by molar-refractivity contribution is 5.89. The minimum absolute atomic E-state index is 0.121. The van der Waals surface area contributed by atoms with Crippen molar-refractivity contribution in [1.29, 1.82) is 0 Å². The molecular formula is C16H29N3O3. The molecule has 6 heteroatoms. The van der Waals surface area contributed by atoms with Gasteiger partial charge >= 0.3 is 5.97 Å². The molecule has 3 atom stereocenters. The summed E-state index contributed by atoms with van der Waals surface area (Å²) < 4.78 is 5.07. The highest BCUT2D eigenvalue weighted by atomic mass is 16.5. The van der Waals surface area contributed by atoms with Crippen molar-refractivity contribution in [3.63, 3.8) is 0 Å². The lowest BCUT2D eigenvalue weighted by atomic mass is 9.86. The molecule has 0 aromatic rings. The molecule has 0 unspecified atom stereocenters. The third kappa shape index (κ3) is 5.10. The van der Waals surface area contributed by atoms with Gasteiger partial charge in [0, 0.05) is 30.6 Å². The number of hydrogen-bond acceptors (Lipinski definition) is 5. The van der Waals surface area contributed by atoms with Gasteiger partial charge in [0.2, 0.25) is 5.91 Å². The number of esters is 1. The molecule has 6 nitrogen and oxygen atoms in total. The molecule has 0 radical (unpaired) electrons. The van der Waals surface area contributed by atoms with Crippen LogP contribution in [0, 0.1) is 0 Å². The molecule has 0 saturated carbocycles. The minimum Gasteiger partial charge on any atom is -0.463 e. The lowest BCUT2D eigenvalue weighted by Gasteiger charge is -2.37. The van der Waals surface area contributed by atoms with Crippen molar-refractivity contribution in [2.45, 2.75) is 71.1 Å². The fraction of sp³-hybridized carbons (Fsp3) is 0.750. The molecule has 1 aliphatic carbocycles. The van der Waals surface area contributed by atoms with Crippen molar-refractivity contribution < 1.29 is 14.3 Å². The fourth-order valence-electron chi connectivity index (χ4n) is 2.79. The molecular weight excluding hydrogens is 282 g/mol. The summed E-state index contributed by atoms with van der Waals surface area (Å²) in [4.78, 5) is 23.4. The van der Waals surface area contributed by atoms with Gasteiger partial charge in [0.1, 0.15) is 0 Å². The van der Waals surface area contributed by atoms with Crippen LogP contribution in [0.15, 0.2) is 11.6 Å². The van der Waals surface area contributed by atoms with Gasteiger partial charge in [-0.1, -0.05) is 19.9 Å². The van der Waals surface area contributed by atoms with E-state index in [9.17, 15) is 9.59 Å². The molecule has 0 heterocycles. The second-order valence-corrected chi connectivity index (χ2v) is 5.71. The molecule has 0 spiro atoms. The number of ether oxygens (including phenoxy) is 1. The molecule has 0 fully saturated rings. The van der Waals surface area contributed by atoms with E-state index in [1.165, 1.54) is 6.92 Å². The van der Waals surface area contributed by atoms with E-state index in [4.69, 9.17) is 10.5 Å². The van der Waals surface area contributed by atoms with E-state index in [0.717, 1.165) is 12.8 Å². The van der Waals surface area contributed by atoms with Crippen molar-refractivity contribution in [2.24, 2.45) is 5.73 Å². The monoisotopic (exact) mass is 311 g/mol. The number of amides is 1. The van der Waals surface area contributed by atoms with Crippen LogP contribution in [0.5, 0.6) is 0 Å². The zero-order valence-corrected chi connectivity index (χ0v) is 14.0. The molecule has 126 valence electrons. The first-order chi connectivity index (χ1) is 10.4. The molecule has 0 aromatic heterocycles. The summed E-state index contributed by atoms with van der Waals surface area (Å²) in [5.74, 6) is -0.444. The predicted octanol–water partition coefficient (Wildman–Crippen LogP) is 0.858. The van der Waals surface area contributed by atoms with Gasteiger partial charge in [-0.2, -0.15) is 0 Å². The van der Waals surface area contributed by atoms with Crippen LogP contribution in [0.4, 0.5) is 0 Å². The summed E-state index contributed by atoms with van der Waals surface area (Å²) in [5, 5.41) is 6.39. The minimum atomic E-state index is -0.324. The first-order valence-corrected chi connectivity index (χ1v) is 8.09. The maximum Gasteiger partial charge on any atom is 0.333 e. The van der Waals surface area contributed by atoms with Crippen LogP contribution >= 0.6 is 0 Å². The van der Waals surface area contributed by atoms with Crippen LogP contribution in [0.3, 0.4) is 0 Å². The molecule has 1 rings (SSSR count). The average Bonchev–Trinajstić information content (AvgIpc) is 2.47. The maximum atomic E-state index is 12.0. The highest BCUT2D eigenvalue weighted by Crippen LogP contribution is 2.20. The second-order valence-electron chi connectivity index (χ2n) is 5.71. The number of nitrogens with two attached hydrogens (primary N) is 1. The van der Waals surface area contributed by atoms with Gasteiger partial charge in [-0.3, -0.25) is 4.79 Å². The summed E-state index contributed by atoms with van der Waals surface area (Å²) in [6, 6.07) is -0.403. The Kier molecular flexibility index (Phi) is 7.55. The van der Waals surface area contributed by atoms with E-state index < -0.39 is 0 Å². The second kappa shape index (κ2) is 8.90. The third-order valence-corrected chi connectivity index (χ3v) is 4.01. The number of hydrogen-bond donors (Lipinski definition) is 3. The Balaban J connectivity index is 2.98. The highest BCUT2D eigenvalue weighted by Gasteiger charge is 2.34. The van der Waals surface area contributed by atoms with Gasteiger partial charge in [-0.15, -0.1) is 0 Å². The van der Waals surface area contributed by atoms with Crippen molar-refractivity contribution in [3.05, 3.63) is 11.6 Å². The Morgan fingerprint density at radius 2 is 2.00 bits per heavy atom. The SMILES string of the molecule is CCOC(=O)C1=C[C@@H](NC(CC)CC)[C@H](NC(C)=O)[C@@H](N)C1. The summed E-state index contributed by atoms with van der Waals surface area (Å²) in [6.45, 7) is 7.80. The Hall–Kier alpha value is -1.40. The van der Waals surface area contributed by atoms with E-state index in [2.05, 4.69) is 24.5 Å². The summed E-state index contributed by atoms with van der Waals surface area (Å²) in [6.07, 6.45) is 4.21. The van der Waals surface area contributed by atoms with E-state index in [0.29, 0.717) is 24.6 Å². The topological polar surface area (TPSA) is 93.5 Å². The smallest absolute Gasteiger partial charge is 0.333 e. The van der Waals surface area contributed by atoms with E-state index in [1.54, 1.807) is 6.92 Å². The summed E-state index contributed by atoms with van der Waals surface area (Å²) in [7, 11) is 0. The Morgan fingerprint density at radius 1 is 1.36 bits per heavy atom. The molecule has 0 aromatic carbocycles. The van der Waals surface area contributed by atoms with Gasteiger partial charge in [0.15, 0.2) is 0 Å². The standard InChI is InChI=1S/C16H29N3O3/c1-5-12(6-2)19-14-9-11(16(21)22-7-3)8-13(17)15(14)18-10(4)20/h9,12-15,19H,5-8,17H2,1-4H3,(H,18,20)/t13-,14+,15+/m0/s1. The van der Waals surface area contributed by atoms with Crippen molar-refractivity contribution in [2.75, 3.05) is 6.61 Å². The Bertz CT molecular complexity index is 419. The zero-order valence-electron chi connectivity index (χ0n) is 14.0. The normalized spacial score (nSPS) is 24.8. The van der Waals surface area contributed by atoms with Crippen molar-refractivity contribution >= 4 is 11.9 Å². The van der Waals surface area contributed by atoms with Gasteiger partial charge in [-0.05, 0) is 26.2 Å².